The summed E-state index contributed by atoms with van der Waals surface area (Å²) >= 11 is 0. The molecule has 0 spiro atoms. The molecule has 0 aliphatic carbocycles. The van der Waals surface area contributed by atoms with E-state index in [-0.39, 0.29) is 30.7 Å². The Morgan fingerprint density at radius 1 is 1.29 bits per heavy atom. The van der Waals surface area contributed by atoms with Gasteiger partial charge in [0, 0.05) is 19.5 Å². The van der Waals surface area contributed by atoms with Crippen molar-refractivity contribution in [2.45, 2.75) is 32.7 Å². The molecular weight excluding hydrogens is 347 g/mol. The fourth-order valence-corrected chi connectivity index (χ4v) is 3.21. The summed E-state index contributed by atoms with van der Waals surface area (Å²) in [6.07, 6.45) is 2.88. The third-order valence-electron chi connectivity index (χ3n) is 4.44. The van der Waals surface area contributed by atoms with Gasteiger partial charge in [0.05, 0.1) is 11.0 Å². The van der Waals surface area contributed by atoms with Crippen molar-refractivity contribution in [2.24, 2.45) is 5.92 Å². The predicted octanol–water partition coefficient (Wildman–Crippen LogP) is 2.69. The lowest BCUT2D eigenvalue weighted by atomic mass is 9.94. The van der Waals surface area contributed by atoms with E-state index in [9.17, 15) is 4.79 Å². The minimum atomic E-state index is 0. The second-order valence-corrected chi connectivity index (χ2v) is 6.05. The molecule has 1 fully saturated rings. The lowest BCUT2D eigenvalue weighted by Crippen LogP contribution is -2.33. The summed E-state index contributed by atoms with van der Waals surface area (Å²) in [5.41, 5.74) is 2.15. The van der Waals surface area contributed by atoms with Crippen molar-refractivity contribution in [2.75, 3.05) is 19.6 Å². The number of carbonyl (C=O) groups excluding carboxylic acids is 1. The van der Waals surface area contributed by atoms with E-state index in [1.165, 1.54) is 0 Å². The maximum absolute atomic E-state index is 12.0. The minimum absolute atomic E-state index is 0. The highest BCUT2D eigenvalue weighted by Crippen LogP contribution is 2.16. The lowest BCUT2D eigenvalue weighted by molar-refractivity contribution is -0.122. The van der Waals surface area contributed by atoms with Crippen LogP contribution in [0.3, 0.4) is 0 Å². The highest BCUT2D eigenvalue weighted by atomic mass is 35.5. The molecule has 0 bridgehead atoms. The monoisotopic (exact) mass is 372 g/mol. The van der Waals surface area contributed by atoms with Crippen LogP contribution in [-0.2, 0) is 11.3 Å². The van der Waals surface area contributed by atoms with Crippen molar-refractivity contribution in [1.82, 2.24) is 20.2 Å². The minimum Gasteiger partial charge on any atom is -0.354 e. The fraction of sp³-hybridized carbons (Fsp3) is 0.529. The second-order valence-electron chi connectivity index (χ2n) is 6.05. The van der Waals surface area contributed by atoms with Gasteiger partial charge in [-0.25, -0.2) is 4.98 Å². The van der Waals surface area contributed by atoms with Gasteiger partial charge in [-0.3, -0.25) is 4.79 Å². The Balaban J connectivity index is 0.00000144. The molecule has 2 aromatic rings. The highest BCUT2D eigenvalue weighted by molar-refractivity contribution is 5.85. The van der Waals surface area contributed by atoms with E-state index in [1.807, 2.05) is 25.1 Å². The van der Waals surface area contributed by atoms with Crippen molar-refractivity contribution >= 4 is 41.8 Å². The van der Waals surface area contributed by atoms with Crippen LogP contribution >= 0.6 is 24.8 Å². The van der Waals surface area contributed by atoms with E-state index < -0.39 is 0 Å². The van der Waals surface area contributed by atoms with E-state index in [2.05, 4.69) is 26.3 Å². The summed E-state index contributed by atoms with van der Waals surface area (Å²) in [5.74, 6) is 1.71. The molecule has 1 aromatic heterocycles. The molecule has 7 heteroatoms. The number of hydrogen-bond acceptors (Lipinski definition) is 3. The molecule has 1 aromatic carbocycles. The molecule has 2 N–H and O–H groups in total. The van der Waals surface area contributed by atoms with E-state index in [0.717, 1.165) is 49.3 Å². The summed E-state index contributed by atoms with van der Waals surface area (Å²) in [6.45, 7) is 5.52. The molecule has 134 valence electrons. The molecule has 3 rings (SSSR count). The quantitative estimate of drug-likeness (QED) is 0.847. The first-order chi connectivity index (χ1) is 10.7. The van der Waals surface area contributed by atoms with Crippen molar-refractivity contribution < 1.29 is 4.79 Å². The second kappa shape index (κ2) is 9.87. The van der Waals surface area contributed by atoms with Gasteiger partial charge in [0.1, 0.15) is 5.82 Å². The summed E-state index contributed by atoms with van der Waals surface area (Å²) < 4.78 is 2.17. The predicted molar refractivity (Wildman–Crippen MR) is 102 cm³/mol. The molecule has 1 amide bonds. The van der Waals surface area contributed by atoms with Crippen LogP contribution in [0.1, 0.15) is 25.1 Å². The number of nitrogens with zero attached hydrogens (tertiary/aromatic N) is 2. The van der Waals surface area contributed by atoms with Crippen LogP contribution in [0.5, 0.6) is 0 Å². The van der Waals surface area contributed by atoms with Crippen molar-refractivity contribution in [1.29, 1.82) is 0 Å². The van der Waals surface area contributed by atoms with E-state index in [0.29, 0.717) is 18.9 Å². The summed E-state index contributed by atoms with van der Waals surface area (Å²) in [5, 5.41) is 6.38. The molecule has 1 aliphatic heterocycles. The number of nitrogens with one attached hydrogen (secondary N) is 2. The van der Waals surface area contributed by atoms with Gasteiger partial charge in [-0.1, -0.05) is 12.1 Å². The van der Waals surface area contributed by atoms with Gasteiger partial charge in [0.15, 0.2) is 0 Å². The van der Waals surface area contributed by atoms with Gasteiger partial charge in [0.25, 0.3) is 0 Å². The molecule has 24 heavy (non-hydrogen) atoms. The topological polar surface area (TPSA) is 59.0 Å². The van der Waals surface area contributed by atoms with Crippen LogP contribution in [0.25, 0.3) is 11.0 Å². The standard InChI is InChI=1S/C17H24N4O.2ClH/c1-13-20-15-4-2-3-5-16(15)21(13)11-10-19-17(22)12-14-6-8-18-9-7-14;;/h2-5,14,18H,6-12H2,1H3,(H,19,22);2*1H. The number of para-hydroxylation sites is 2. The zero-order chi connectivity index (χ0) is 15.4. The van der Waals surface area contributed by atoms with Gasteiger partial charge in [0.2, 0.25) is 5.91 Å². The molecule has 5 nitrogen and oxygen atoms in total. The summed E-state index contributed by atoms with van der Waals surface area (Å²) in [4.78, 5) is 16.6. The fourth-order valence-electron chi connectivity index (χ4n) is 3.21. The molecule has 0 unspecified atom stereocenters. The molecule has 0 saturated carbocycles. The summed E-state index contributed by atoms with van der Waals surface area (Å²) in [6, 6.07) is 8.12. The Hall–Kier alpha value is -1.30. The first-order valence-electron chi connectivity index (χ1n) is 8.13. The SMILES string of the molecule is Cc1nc2ccccc2n1CCNC(=O)CC1CCNCC1.Cl.Cl. The van der Waals surface area contributed by atoms with Gasteiger partial charge in [-0.2, -0.15) is 0 Å². The molecular formula is C17H26Cl2N4O. The van der Waals surface area contributed by atoms with Crippen LogP contribution < -0.4 is 10.6 Å². The number of fused-ring (bicyclic) bond motifs is 1. The third-order valence-corrected chi connectivity index (χ3v) is 4.44. The maximum atomic E-state index is 12.0. The lowest BCUT2D eigenvalue weighted by Gasteiger charge is -2.22. The zero-order valence-corrected chi connectivity index (χ0v) is 15.6. The molecule has 2 heterocycles. The summed E-state index contributed by atoms with van der Waals surface area (Å²) in [7, 11) is 0. The van der Waals surface area contributed by atoms with Gasteiger partial charge in [-0.05, 0) is 50.9 Å². The van der Waals surface area contributed by atoms with Crippen LogP contribution in [0.2, 0.25) is 0 Å². The Kier molecular flexibility index (Phi) is 8.53. The van der Waals surface area contributed by atoms with E-state index in [1.54, 1.807) is 0 Å². The van der Waals surface area contributed by atoms with Crippen LogP contribution in [0.4, 0.5) is 0 Å². The van der Waals surface area contributed by atoms with Gasteiger partial charge in [-0.15, -0.1) is 24.8 Å². The molecule has 0 radical (unpaired) electrons. The molecule has 1 saturated heterocycles. The van der Waals surface area contributed by atoms with Crippen molar-refractivity contribution in [3.8, 4) is 0 Å². The van der Waals surface area contributed by atoms with Gasteiger partial charge >= 0.3 is 0 Å². The number of amides is 1. The third kappa shape index (κ3) is 5.10. The molecule has 1 aliphatic rings. The average Bonchev–Trinajstić information content (AvgIpc) is 2.84. The first-order valence-corrected chi connectivity index (χ1v) is 8.13. The number of aryl methyl sites for hydroxylation is 1. The Morgan fingerprint density at radius 3 is 2.75 bits per heavy atom. The van der Waals surface area contributed by atoms with Crippen molar-refractivity contribution in [3.63, 3.8) is 0 Å². The highest BCUT2D eigenvalue weighted by Gasteiger charge is 2.16. The Bertz CT molecular complexity index is 653. The number of carbonyl (C=O) groups is 1. The largest absolute Gasteiger partial charge is 0.354 e. The smallest absolute Gasteiger partial charge is 0.220 e. The normalized spacial score (nSPS) is 14.7. The van der Waals surface area contributed by atoms with E-state index in [4.69, 9.17) is 0 Å². The van der Waals surface area contributed by atoms with Crippen molar-refractivity contribution in [3.05, 3.63) is 30.1 Å². The van der Waals surface area contributed by atoms with Gasteiger partial charge < -0.3 is 15.2 Å². The maximum Gasteiger partial charge on any atom is 0.220 e. The first kappa shape index (κ1) is 20.7. The number of rotatable bonds is 5. The number of piperidine rings is 1. The van der Waals surface area contributed by atoms with Crippen LogP contribution in [0, 0.1) is 12.8 Å². The zero-order valence-electron chi connectivity index (χ0n) is 14.0. The molecule has 0 atom stereocenters. The Morgan fingerprint density at radius 2 is 2.00 bits per heavy atom. The van der Waals surface area contributed by atoms with E-state index >= 15 is 0 Å². The number of aromatic nitrogens is 2. The number of halogens is 2. The van der Waals surface area contributed by atoms with Crippen LogP contribution in [0.15, 0.2) is 24.3 Å². The number of imidazole rings is 1. The average molecular weight is 373 g/mol. The Labute approximate surface area is 155 Å². The number of hydrogen-bond donors (Lipinski definition) is 2. The number of benzene rings is 1. The van der Waals surface area contributed by atoms with Crippen LogP contribution in [-0.4, -0.2) is 35.1 Å².